The van der Waals surface area contributed by atoms with E-state index in [0.717, 1.165) is 0 Å². The second-order valence-electron chi connectivity index (χ2n) is 3.27. The minimum atomic E-state index is -0.546. The van der Waals surface area contributed by atoms with Crippen molar-refractivity contribution in [2.24, 2.45) is 0 Å². The molecular formula is C11H8BrFN2O. The second-order valence-corrected chi connectivity index (χ2v) is 4.12. The number of nitrogens with one attached hydrogen (secondary N) is 1. The number of anilines is 1. The standard InChI is InChI=1S/C11H8BrFN2O/c12-7-5-8(13)9(14)4-6(7)11(16)10-2-1-3-15-10/h1-5,15H,14H2. The van der Waals surface area contributed by atoms with Crippen molar-refractivity contribution in [2.45, 2.75) is 0 Å². The van der Waals surface area contributed by atoms with Crippen molar-refractivity contribution in [2.75, 3.05) is 5.73 Å². The SMILES string of the molecule is Nc1cc(C(=O)c2ccc[nH]2)c(Br)cc1F. The Balaban J connectivity index is 2.49. The summed E-state index contributed by atoms with van der Waals surface area (Å²) in [7, 11) is 0. The molecule has 0 radical (unpaired) electrons. The van der Waals surface area contributed by atoms with Crippen LogP contribution < -0.4 is 5.73 Å². The summed E-state index contributed by atoms with van der Waals surface area (Å²) < 4.78 is 13.5. The average molecular weight is 283 g/mol. The molecule has 82 valence electrons. The first kappa shape index (κ1) is 10.9. The van der Waals surface area contributed by atoms with Gasteiger partial charge in [-0.25, -0.2) is 4.39 Å². The number of carbonyl (C=O) groups excluding carboxylic acids is 1. The first-order valence-corrected chi connectivity index (χ1v) is 5.31. The monoisotopic (exact) mass is 282 g/mol. The molecule has 0 saturated heterocycles. The molecule has 1 heterocycles. The summed E-state index contributed by atoms with van der Waals surface area (Å²) in [6, 6.07) is 5.87. The third-order valence-electron chi connectivity index (χ3n) is 2.17. The number of nitrogen functional groups attached to an aromatic ring is 1. The highest BCUT2D eigenvalue weighted by molar-refractivity contribution is 9.10. The van der Waals surface area contributed by atoms with Crippen LogP contribution in [0.3, 0.4) is 0 Å². The molecule has 1 aromatic carbocycles. The summed E-state index contributed by atoms with van der Waals surface area (Å²) in [6.45, 7) is 0. The van der Waals surface area contributed by atoms with Crippen LogP contribution in [-0.4, -0.2) is 10.8 Å². The van der Waals surface area contributed by atoms with E-state index < -0.39 is 5.82 Å². The summed E-state index contributed by atoms with van der Waals surface area (Å²) in [5.74, 6) is -0.779. The van der Waals surface area contributed by atoms with Crippen LogP contribution in [-0.2, 0) is 0 Å². The number of nitrogens with two attached hydrogens (primary N) is 1. The molecule has 0 spiro atoms. The van der Waals surface area contributed by atoms with Crippen LogP contribution in [0.2, 0.25) is 0 Å². The molecule has 3 N–H and O–H groups in total. The van der Waals surface area contributed by atoms with E-state index in [9.17, 15) is 9.18 Å². The van der Waals surface area contributed by atoms with E-state index in [1.54, 1.807) is 18.3 Å². The number of halogens is 2. The van der Waals surface area contributed by atoms with Gasteiger partial charge < -0.3 is 10.7 Å². The molecule has 0 unspecified atom stereocenters. The lowest BCUT2D eigenvalue weighted by Crippen LogP contribution is -2.05. The maximum atomic E-state index is 13.1. The summed E-state index contributed by atoms with van der Waals surface area (Å²) in [4.78, 5) is 14.7. The van der Waals surface area contributed by atoms with Crippen LogP contribution in [0.4, 0.5) is 10.1 Å². The minimum Gasteiger partial charge on any atom is -0.396 e. The zero-order valence-electron chi connectivity index (χ0n) is 8.13. The molecule has 0 aliphatic heterocycles. The van der Waals surface area contributed by atoms with Gasteiger partial charge in [0, 0.05) is 16.2 Å². The summed E-state index contributed by atoms with van der Waals surface area (Å²) in [6.07, 6.45) is 1.65. The van der Waals surface area contributed by atoms with Crippen molar-refractivity contribution >= 4 is 27.4 Å². The molecule has 0 fully saturated rings. The predicted octanol–water partition coefficient (Wildman–Crippen LogP) is 2.73. The summed E-state index contributed by atoms with van der Waals surface area (Å²) >= 11 is 3.14. The van der Waals surface area contributed by atoms with E-state index in [0.29, 0.717) is 15.7 Å². The normalized spacial score (nSPS) is 10.4. The largest absolute Gasteiger partial charge is 0.396 e. The molecule has 0 bridgehead atoms. The van der Waals surface area contributed by atoms with Crippen LogP contribution in [0.15, 0.2) is 34.9 Å². The molecule has 3 nitrogen and oxygen atoms in total. The lowest BCUT2D eigenvalue weighted by molar-refractivity contribution is 0.103. The molecule has 5 heteroatoms. The number of hydrogen-bond donors (Lipinski definition) is 2. The van der Waals surface area contributed by atoms with Crippen molar-refractivity contribution in [3.63, 3.8) is 0 Å². The van der Waals surface area contributed by atoms with E-state index in [2.05, 4.69) is 20.9 Å². The number of hydrogen-bond acceptors (Lipinski definition) is 2. The van der Waals surface area contributed by atoms with E-state index >= 15 is 0 Å². The van der Waals surface area contributed by atoms with E-state index in [4.69, 9.17) is 5.73 Å². The molecule has 0 atom stereocenters. The molecule has 0 amide bonds. The number of H-pyrrole nitrogens is 1. The van der Waals surface area contributed by atoms with Crippen LogP contribution in [0.5, 0.6) is 0 Å². The van der Waals surface area contributed by atoms with E-state index in [1.807, 2.05) is 0 Å². The Morgan fingerprint density at radius 3 is 2.81 bits per heavy atom. The van der Waals surface area contributed by atoms with Crippen molar-refractivity contribution in [3.05, 3.63) is 52.0 Å². The Morgan fingerprint density at radius 2 is 2.19 bits per heavy atom. The van der Waals surface area contributed by atoms with Crippen molar-refractivity contribution < 1.29 is 9.18 Å². The van der Waals surface area contributed by atoms with Gasteiger partial charge in [-0.1, -0.05) is 0 Å². The van der Waals surface area contributed by atoms with Gasteiger partial charge in [-0.05, 0) is 40.2 Å². The summed E-state index contributed by atoms with van der Waals surface area (Å²) in [5.41, 5.74) is 6.15. The average Bonchev–Trinajstić information content (AvgIpc) is 2.75. The lowest BCUT2D eigenvalue weighted by atomic mass is 10.1. The number of benzene rings is 1. The fraction of sp³-hybridized carbons (Fsp3) is 0. The fourth-order valence-corrected chi connectivity index (χ4v) is 1.85. The molecule has 0 saturated carbocycles. The van der Waals surface area contributed by atoms with Gasteiger partial charge in [-0.15, -0.1) is 0 Å². The Morgan fingerprint density at radius 1 is 1.44 bits per heavy atom. The number of carbonyl (C=O) groups is 1. The zero-order chi connectivity index (χ0) is 11.7. The van der Waals surface area contributed by atoms with Gasteiger partial charge in [-0.3, -0.25) is 4.79 Å². The Bertz CT molecular complexity index is 537. The van der Waals surface area contributed by atoms with E-state index in [1.165, 1.54) is 12.1 Å². The van der Waals surface area contributed by atoms with Crippen LogP contribution >= 0.6 is 15.9 Å². The van der Waals surface area contributed by atoms with Crippen molar-refractivity contribution in [1.82, 2.24) is 4.98 Å². The number of aromatic nitrogens is 1. The van der Waals surface area contributed by atoms with Gasteiger partial charge in [0.15, 0.2) is 0 Å². The third kappa shape index (κ3) is 1.86. The highest BCUT2D eigenvalue weighted by atomic mass is 79.9. The molecule has 0 aliphatic carbocycles. The molecule has 1 aromatic heterocycles. The van der Waals surface area contributed by atoms with Gasteiger partial charge in [0.05, 0.1) is 11.4 Å². The zero-order valence-corrected chi connectivity index (χ0v) is 9.71. The van der Waals surface area contributed by atoms with Gasteiger partial charge in [0.2, 0.25) is 5.78 Å². The van der Waals surface area contributed by atoms with Gasteiger partial charge in [0.1, 0.15) is 5.82 Å². The highest BCUT2D eigenvalue weighted by Gasteiger charge is 2.15. The first-order chi connectivity index (χ1) is 7.59. The van der Waals surface area contributed by atoms with Crippen LogP contribution in [0.25, 0.3) is 0 Å². The maximum absolute atomic E-state index is 13.1. The molecule has 16 heavy (non-hydrogen) atoms. The quantitative estimate of drug-likeness (QED) is 0.657. The topological polar surface area (TPSA) is 58.9 Å². The van der Waals surface area contributed by atoms with Crippen molar-refractivity contribution in [1.29, 1.82) is 0 Å². The smallest absolute Gasteiger partial charge is 0.210 e. The highest BCUT2D eigenvalue weighted by Crippen LogP contribution is 2.24. The molecule has 2 aromatic rings. The Labute approximate surface area is 99.6 Å². The molecule has 0 aliphatic rings. The van der Waals surface area contributed by atoms with Crippen molar-refractivity contribution in [3.8, 4) is 0 Å². The maximum Gasteiger partial charge on any atom is 0.210 e. The fourth-order valence-electron chi connectivity index (χ4n) is 1.36. The Hall–Kier alpha value is -1.62. The predicted molar refractivity (Wildman–Crippen MR) is 62.7 cm³/mol. The number of ketones is 1. The lowest BCUT2D eigenvalue weighted by Gasteiger charge is -2.04. The van der Waals surface area contributed by atoms with Gasteiger partial charge in [0.25, 0.3) is 0 Å². The summed E-state index contributed by atoms with van der Waals surface area (Å²) in [5, 5.41) is 0. The van der Waals surface area contributed by atoms with Gasteiger partial charge >= 0.3 is 0 Å². The number of aromatic amines is 1. The Kier molecular flexibility index (Phi) is 2.78. The minimum absolute atomic E-state index is 0.0434. The first-order valence-electron chi connectivity index (χ1n) is 4.52. The van der Waals surface area contributed by atoms with Crippen LogP contribution in [0, 0.1) is 5.82 Å². The van der Waals surface area contributed by atoms with Crippen LogP contribution in [0.1, 0.15) is 16.1 Å². The second kappa shape index (κ2) is 4.09. The molecule has 2 rings (SSSR count). The third-order valence-corrected chi connectivity index (χ3v) is 2.83. The number of rotatable bonds is 2. The molecular weight excluding hydrogens is 275 g/mol. The van der Waals surface area contributed by atoms with E-state index in [-0.39, 0.29) is 11.5 Å². The van der Waals surface area contributed by atoms with Gasteiger partial charge in [-0.2, -0.15) is 0 Å².